The molecule has 1 heterocycles. The van der Waals surface area contributed by atoms with Crippen LogP contribution in [0.5, 0.6) is 0 Å². The van der Waals surface area contributed by atoms with Crippen LogP contribution >= 0.6 is 0 Å². The molecule has 0 atom stereocenters. The lowest BCUT2D eigenvalue weighted by Gasteiger charge is -2.55. The number of carbonyl (C=O) groups is 2. The number of amides is 2. The van der Waals surface area contributed by atoms with Gasteiger partial charge in [0, 0.05) is 28.0 Å². The molecule has 0 aliphatic heterocycles. The smallest absolute Gasteiger partial charge is 0.230 e. The van der Waals surface area contributed by atoms with Gasteiger partial charge in [-0.1, -0.05) is 12.1 Å². The third kappa shape index (κ3) is 4.01. The van der Waals surface area contributed by atoms with Crippen LogP contribution < -0.4 is 10.6 Å². The van der Waals surface area contributed by atoms with Crippen molar-refractivity contribution in [2.24, 2.45) is 46.3 Å². The quantitative estimate of drug-likeness (QED) is 0.302. The summed E-state index contributed by atoms with van der Waals surface area (Å²) in [5.74, 6) is 5.08. The van der Waals surface area contributed by atoms with Crippen LogP contribution in [0.3, 0.4) is 0 Å². The molecule has 1 aromatic heterocycles. The average molecular weight is 548 g/mol. The van der Waals surface area contributed by atoms with Crippen LogP contribution in [0.1, 0.15) is 77.0 Å². The maximum absolute atomic E-state index is 13.6. The van der Waals surface area contributed by atoms with Gasteiger partial charge in [0.1, 0.15) is 0 Å². The lowest BCUT2D eigenvalue weighted by molar-refractivity contribution is -0.141. The summed E-state index contributed by atoms with van der Waals surface area (Å²) in [5, 5.41) is 7.71. The van der Waals surface area contributed by atoms with Gasteiger partial charge in [0.15, 0.2) is 0 Å². The van der Waals surface area contributed by atoms with E-state index in [1.54, 1.807) is 0 Å². The molecule has 3 N–H and O–H groups in total. The van der Waals surface area contributed by atoms with E-state index in [1.165, 1.54) is 38.5 Å². The number of carbonyl (C=O) groups excluding carboxylic acids is 2. The van der Waals surface area contributed by atoms with E-state index in [2.05, 4.69) is 45.9 Å². The van der Waals surface area contributed by atoms with Crippen LogP contribution in [0.25, 0.3) is 22.2 Å². The van der Waals surface area contributed by atoms with Crippen LogP contribution in [0.15, 0.2) is 48.5 Å². The number of rotatable bonds is 5. The summed E-state index contributed by atoms with van der Waals surface area (Å²) < 4.78 is 0. The third-order valence-corrected chi connectivity index (χ3v) is 12.4. The molecule has 0 spiro atoms. The van der Waals surface area contributed by atoms with E-state index < -0.39 is 0 Å². The predicted octanol–water partition coefficient (Wildman–Crippen LogP) is 8.14. The summed E-state index contributed by atoms with van der Waals surface area (Å²) in [5.41, 5.74) is 4.71. The molecule has 8 fully saturated rings. The summed E-state index contributed by atoms with van der Waals surface area (Å²) >= 11 is 0. The van der Waals surface area contributed by atoms with Crippen molar-refractivity contribution in [3.8, 4) is 11.3 Å². The van der Waals surface area contributed by atoms with Crippen molar-refractivity contribution < 1.29 is 9.59 Å². The number of H-pyrrole nitrogens is 1. The Morgan fingerprint density at radius 2 is 1.02 bits per heavy atom. The molecule has 8 saturated carbocycles. The van der Waals surface area contributed by atoms with Crippen molar-refractivity contribution in [2.75, 3.05) is 10.6 Å². The van der Waals surface area contributed by atoms with Gasteiger partial charge in [-0.3, -0.25) is 9.59 Å². The zero-order chi connectivity index (χ0) is 27.3. The topological polar surface area (TPSA) is 74.0 Å². The number of fused-ring (bicyclic) bond motifs is 1. The van der Waals surface area contributed by atoms with E-state index >= 15 is 0 Å². The lowest BCUT2D eigenvalue weighted by Crippen LogP contribution is -2.51. The second-order valence-corrected chi connectivity index (χ2v) is 15.4. The highest BCUT2D eigenvalue weighted by Gasteiger charge is 2.55. The summed E-state index contributed by atoms with van der Waals surface area (Å²) in [6, 6.07) is 16.6. The Hall–Kier alpha value is -3.08. The SMILES string of the molecule is O=C(Nc1ccc(-c2cc3cc(NC(=O)C45CC6CC(CC(C6)C4)C5)ccc3[nH]2)cc1)C12CC3CC(CC(C3)C1)C2. The molecule has 3 aromatic rings. The molecule has 0 saturated heterocycles. The molecule has 2 amide bonds. The van der Waals surface area contributed by atoms with Gasteiger partial charge in [-0.2, -0.15) is 0 Å². The molecule has 212 valence electrons. The van der Waals surface area contributed by atoms with Crippen molar-refractivity contribution in [1.82, 2.24) is 4.98 Å². The fraction of sp³-hybridized carbons (Fsp3) is 0.556. The summed E-state index contributed by atoms with van der Waals surface area (Å²) in [4.78, 5) is 30.6. The van der Waals surface area contributed by atoms with Crippen LogP contribution in [0.2, 0.25) is 0 Å². The second-order valence-electron chi connectivity index (χ2n) is 15.4. The minimum absolute atomic E-state index is 0.132. The number of nitrogens with one attached hydrogen (secondary N) is 3. The van der Waals surface area contributed by atoms with Crippen LogP contribution in [0.4, 0.5) is 11.4 Å². The normalized spacial score (nSPS) is 38.0. The Bertz CT molecular complexity index is 1480. The first kappa shape index (κ1) is 24.5. The largest absolute Gasteiger partial charge is 0.355 e. The molecular formula is C36H41N3O2. The van der Waals surface area contributed by atoms with Gasteiger partial charge >= 0.3 is 0 Å². The number of aromatic amines is 1. The summed E-state index contributed by atoms with van der Waals surface area (Å²) in [7, 11) is 0. The number of hydrogen-bond acceptors (Lipinski definition) is 2. The van der Waals surface area contributed by atoms with Crippen LogP contribution in [0, 0.1) is 46.3 Å². The van der Waals surface area contributed by atoms with Crippen molar-refractivity contribution in [3.63, 3.8) is 0 Å². The average Bonchev–Trinajstić information content (AvgIpc) is 3.35. The molecule has 41 heavy (non-hydrogen) atoms. The first-order valence-electron chi connectivity index (χ1n) is 16.3. The van der Waals surface area contributed by atoms with Crippen molar-refractivity contribution in [3.05, 3.63) is 48.5 Å². The van der Waals surface area contributed by atoms with Crippen LogP contribution in [-0.4, -0.2) is 16.8 Å². The van der Waals surface area contributed by atoms with Crippen LogP contribution in [-0.2, 0) is 9.59 Å². The summed E-state index contributed by atoms with van der Waals surface area (Å²) in [6.45, 7) is 0. The number of benzene rings is 2. The third-order valence-electron chi connectivity index (χ3n) is 12.4. The van der Waals surface area contributed by atoms with Gasteiger partial charge in [0.2, 0.25) is 11.8 Å². The van der Waals surface area contributed by atoms with E-state index in [-0.39, 0.29) is 22.6 Å². The molecule has 5 nitrogen and oxygen atoms in total. The lowest BCUT2D eigenvalue weighted by atomic mass is 9.49. The maximum Gasteiger partial charge on any atom is 0.230 e. The van der Waals surface area contributed by atoms with E-state index in [9.17, 15) is 9.59 Å². The molecule has 0 radical (unpaired) electrons. The van der Waals surface area contributed by atoms with Gasteiger partial charge in [-0.15, -0.1) is 0 Å². The molecule has 8 aliphatic carbocycles. The van der Waals surface area contributed by atoms with Gasteiger partial charge < -0.3 is 15.6 Å². The first-order valence-corrected chi connectivity index (χ1v) is 16.3. The molecular weight excluding hydrogens is 506 g/mol. The second kappa shape index (κ2) is 8.72. The Morgan fingerprint density at radius 1 is 0.585 bits per heavy atom. The number of hydrogen-bond donors (Lipinski definition) is 3. The van der Waals surface area contributed by atoms with Gasteiger partial charge in [0.25, 0.3) is 0 Å². The minimum Gasteiger partial charge on any atom is -0.355 e. The Labute approximate surface area is 242 Å². The Morgan fingerprint density at radius 3 is 1.51 bits per heavy atom. The highest BCUT2D eigenvalue weighted by atomic mass is 16.2. The Balaban J connectivity index is 0.896. The molecule has 5 heteroatoms. The zero-order valence-electron chi connectivity index (χ0n) is 23.9. The maximum atomic E-state index is 13.6. The molecule has 8 aliphatic rings. The van der Waals surface area contributed by atoms with Crippen molar-refractivity contribution in [2.45, 2.75) is 77.0 Å². The molecule has 11 rings (SSSR count). The van der Waals surface area contributed by atoms with E-state index in [1.807, 2.05) is 18.2 Å². The van der Waals surface area contributed by atoms with Gasteiger partial charge in [0.05, 0.1) is 10.8 Å². The fourth-order valence-electron chi connectivity index (χ4n) is 11.4. The number of aromatic nitrogens is 1. The van der Waals surface area contributed by atoms with Gasteiger partial charge in [-0.05, 0) is 155 Å². The van der Waals surface area contributed by atoms with E-state index in [0.717, 1.165) is 108 Å². The zero-order valence-corrected chi connectivity index (χ0v) is 23.9. The fourth-order valence-corrected chi connectivity index (χ4v) is 11.4. The molecule has 8 bridgehead atoms. The molecule has 2 aromatic carbocycles. The van der Waals surface area contributed by atoms with Gasteiger partial charge in [-0.25, -0.2) is 0 Å². The highest BCUT2D eigenvalue weighted by Crippen LogP contribution is 2.61. The standard InChI is InChI=1S/C36H41N3O2/c40-33(35-15-21-7-22(16-35)9-23(8-21)17-35)37-29-3-1-27(2-4-29)32-14-28-13-30(5-6-31(28)39-32)38-34(41)36-18-24-10-25(19-36)12-26(11-24)20-36/h1-6,13-14,21-26,39H,7-12,15-20H2,(H,37,40)(H,38,41). The monoisotopic (exact) mass is 547 g/mol. The highest BCUT2D eigenvalue weighted by molar-refractivity contribution is 5.98. The number of anilines is 2. The summed E-state index contributed by atoms with van der Waals surface area (Å²) in [6.07, 6.45) is 14.6. The minimum atomic E-state index is -0.139. The molecule has 0 unspecified atom stereocenters. The van der Waals surface area contributed by atoms with Crippen molar-refractivity contribution >= 4 is 34.1 Å². The first-order chi connectivity index (χ1) is 19.9. The van der Waals surface area contributed by atoms with E-state index in [4.69, 9.17) is 0 Å². The van der Waals surface area contributed by atoms with E-state index in [0.29, 0.717) is 0 Å². The Kier molecular flexibility index (Phi) is 5.21. The van der Waals surface area contributed by atoms with Crippen molar-refractivity contribution in [1.29, 1.82) is 0 Å². The predicted molar refractivity (Wildman–Crippen MR) is 162 cm³/mol.